The summed E-state index contributed by atoms with van der Waals surface area (Å²) in [5, 5.41) is 1.12. The van der Waals surface area contributed by atoms with Crippen LogP contribution in [0.5, 0.6) is 0 Å². The van der Waals surface area contributed by atoms with Crippen molar-refractivity contribution in [3.63, 3.8) is 0 Å². The van der Waals surface area contributed by atoms with E-state index in [1.165, 1.54) is 30.4 Å². The fraction of sp³-hybridized carbons (Fsp3) is 0.263. The molecule has 2 nitrogen and oxygen atoms in total. The van der Waals surface area contributed by atoms with Gasteiger partial charge < -0.3 is 10.2 Å². The van der Waals surface area contributed by atoms with Gasteiger partial charge >= 0.3 is 0 Å². The second-order valence-electron chi connectivity index (χ2n) is 5.92. The zero-order chi connectivity index (χ0) is 14.2. The first-order valence-corrected chi connectivity index (χ1v) is 7.65. The molecule has 1 unspecified atom stereocenters. The average Bonchev–Trinajstić information content (AvgIpc) is 2.89. The molecule has 0 spiro atoms. The standard InChI is InChI=1S/C19H19NO/c20-19(17-12-21-18-11-4-3-9-15(17)18)16-10-2-1-8-14(16)13-6-5-7-13/h1-4,8-13,19H,5-7,20H2. The third-order valence-corrected chi connectivity index (χ3v) is 4.72. The lowest BCUT2D eigenvalue weighted by Crippen LogP contribution is -2.18. The molecule has 0 radical (unpaired) electrons. The third kappa shape index (κ3) is 2.07. The Morgan fingerprint density at radius 2 is 1.71 bits per heavy atom. The Bertz CT molecular complexity index is 770. The molecule has 1 aliphatic rings. The molecule has 0 amide bonds. The predicted molar refractivity (Wildman–Crippen MR) is 85.3 cm³/mol. The van der Waals surface area contributed by atoms with E-state index in [0.29, 0.717) is 5.92 Å². The van der Waals surface area contributed by atoms with Crippen molar-refractivity contribution in [3.05, 3.63) is 71.5 Å². The van der Waals surface area contributed by atoms with Gasteiger partial charge in [0.05, 0.1) is 12.3 Å². The normalized spacial score (nSPS) is 16.8. The van der Waals surface area contributed by atoms with Crippen molar-refractivity contribution in [2.24, 2.45) is 5.73 Å². The van der Waals surface area contributed by atoms with Gasteiger partial charge in [-0.3, -0.25) is 0 Å². The molecule has 2 heteroatoms. The lowest BCUT2D eigenvalue weighted by molar-refractivity contribution is 0.416. The van der Waals surface area contributed by atoms with Crippen LogP contribution in [-0.4, -0.2) is 0 Å². The summed E-state index contributed by atoms with van der Waals surface area (Å²) in [6.45, 7) is 0. The first-order valence-electron chi connectivity index (χ1n) is 7.65. The second-order valence-corrected chi connectivity index (χ2v) is 5.92. The highest BCUT2D eigenvalue weighted by atomic mass is 16.3. The van der Waals surface area contributed by atoms with Crippen LogP contribution in [0.3, 0.4) is 0 Å². The van der Waals surface area contributed by atoms with Crippen LogP contribution in [0.1, 0.15) is 47.9 Å². The first-order chi connectivity index (χ1) is 10.3. The summed E-state index contributed by atoms with van der Waals surface area (Å²) < 4.78 is 5.65. The summed E-state index contributed by atoms with van der Waals surface area (Å²) in [6.07, 6.45) is 5.72. The van der Waals surface area contributed by atoms with Crippen molar-refractivity contribution in [2.75, 3.05) is 0 Å². The van der Waals surface area contributed by atoms with Crippen LogP contribution < -0.4 is 5.73 Å². The Kier molecular flexibility index (Phi) is 3.04. The molecule has 1 aliphatic carbocycles. The van der Waals surface area contributed by atoms with Gasteiger partial charge in [0.2, 0.25) is 0 Å². The van der Waals surface area contributed by atoms with E-state index in [-0.39, 0.29) is 6.04 Å². The number of para-hydroxylation sites is 1. The smallest absolute Gasteiger partial charge is 0.134 e. The molecule has 1 fully saturated rings. The summed E-state index contributed by atoms with van der Waals surface area (Å²) in [7, 11) is 0. The molecule has 0 bridgehead atoms. The van der Waals surface area contributed by atoms with Gasteiger partial charge in [-0.15, -0.1) is 0 Å². The van der Waals surface area contributed by atoms with Crippen LogP contribution >= 0.6 is 0 Å². The van der Waals surface area contributed by atoms with Crippen LogP contribution in [-0.2, 0) is 0 Å². The molecule has 1 atom stereocenters. The highest BCUT2D eigenvalue weighted by Crippen LogP contribution is 2.41. The molecule has 0 aliphatic heterocycles. The van der Waals surface area contributed by atoms with Gasteiger partial charge in [-0.25, -0.2) is 0 Å². The van der Waals surface area contributed by atoms with Crippen LogP contribution in [0.4, 0.5) is 0 Å². The lowest BCUT2D eigenvalue weighted by atomic mass is 9.76. The summed E-state index contributed by atoms with van der Waals surface area (Å²) >= 11 is 0. The van der Waals surface area contributed by atoms with E-state index >= 15 is 0 Å². The summed E-state index contributed by atoms with van der Waals surface area (Å²) in [4.78, 5) is 0. The van der Waals surface area contributed by atoms with Crippen molar-refractivity contribution in [2.45, 2.75) is 31.2 Å². The highest BCUT2D eigenvalue weighted by molar-refractivity contribution is 5.82. The van der Waals surface area contributed by atoms with Crippen molar-refractivity contribution in [3.8, 4) is 0 Å². The first kappa shape index (κ1) is 12.7. The Balaban J connectivity index is 1.79. The van der Waals surface area contributed by atoms with Gasteiger partial charge in [-0.05, 0) is 36.0 Å². The molecule has 106 valence electrons. The second kappa shape index (κ2) is 5.05. The fourth-order valence-corrected chi connectivity index (χ4v) is 3.29. The van der Waals surface area contributed by atoms with Crippen LogP contribution in [0.25, 0.3) is 11.0 Å². The van der Waals surface area contributed by atoms with E-state index in [2.05, 4.69) is 30.3 Å². The van der Waals surface area contributed by atoms with Crippen LogP contribution in [0.2, 0.25) is 0 Å². The van der Waals surface area contributed by atoms with Gasteiger partial charge in [-0.2, -0.15) is 0 Å². The molecule has 1 heterocycles. The Morgan fingerprint density at radius 1 is 0.952 bits per heavy atom. The summed E-state index contributed by atoms with van der Waals surface area (Å²) in [5.74, 6) is 0.686. The number of hydrogen-bond acceptors (Lipinski definition) is 2. The van der Waals surface area contributed by atoms with Crippen LogP contribution in [0, 0.1) is 0 Å². The van der Waals surface area contributed by atoms with Crippen molar-refractivity contribution >= 4 is 11.0 Å². The number of furan rings is 1. The summed E-state index contributed by atoms with van der Waals surface area (Å²) in [6, 6.07) is 16.6. The Hall–Kier alpha value is -2.06. The minimum Gasteiger partial charge on any atom is -0.464 e. The molecular weight excluding hydrogens is 258 g/mol. The monoisotopic (exact) mass is 277 g/mol. The van der Waals surface area contributed by atoms with E-state index in [1.807, 2.05) is 24.5 Å². The molecule has 0 saturated heterocycles. The quantitative estimate of drug-likeness (QED) is 0.750. The number of hydrogen-bond donors (Lipinski definition) is 1. The maximum Gasteiger partial charge on any atom is 0.134 e. The van der Waals surface area contributed by atoms with E-state index in [4.69, 9.17) is 10.2 Å². The lowest BCUT2D eigenvalue weighted by Gasteiger charge is -2.29. The van der Waals surface area contributed by atoms with E-state index < -0.39 is 0 Å². The Morgan fingerprint density at radius 3 is 2.52 bits per heavy atom. The topological polar surface area (TPSA) is 39.2 Å². The van der Waals surface area contributed by atoms with Gasteiger partial charge in [0, 0.05) is 10.9 Å². The highest BCUT2D eigenvalue weighted by Gasteiger charge is 2.25. The SMILES string of the molecule is NC(c1ccccc1C1CCC1)c1coc2ccccc12. The average molecular weight is 277 g/mol. The van der Waals surface area contributed by atoms with Crippen molar-refractivity contribution in [1.29, 1.82) is 0 Å². The zero-order valence-corrected chi connectivity index (χ0v) is 12.0. The van der Waals surface area contributed by atoms with E-state index in [9.17, 15) is 0 Å². The zero-order valence-electron chi connectivity index (χ0n) is 12.0. The molecule has 2 aromatic carbocycles. The number of fused-ring (bicyclic) bond motifs is 1. The minimum atomic E-state index is -0.120. The van der Waals surface area contributed by atoms with Crippen molar-refractivity contribution < 1.29 is 4.42 Å². The molecule has 2 N–H and O–H groups in total. The number of nitrogens with two attached hydrogens (primary N) is 1. The fourth-order valence-electron chi connectivity index (χ4n) is 3.29. The minimum absolute atomic E-state index is 0.120. The molecule has 21 heavy (non-hydrogen) atoms. The number of benzene rings is 2. The molecule has 1 saturated carbocycles. The van der Waals surface area contributed by atoms with Gasteiger partial charge in [-0.1, -0.05) is 48.9 Å². The van der Waals surface area contributed by atoms with Crippen molar-refractivity contribution in [1.82, 2.24) is 0 Å². The molecule has 3 aromatic rings. The van der Waals surface area contributed by atoms with Crippen LogP contribution in [0.15, 0.2) is 59.2 Å². The maximum absolute atomic E-state index is 6.58. The van der Waals surface area contributed by atoms with E-state index in [1.54, 1.807) is 0 Å². The third-order valence-electron chi connectivity index (χ3n) is 4.72. The predicted octanol–water partition coefficient (Wildman–Crippen LogP) is 4.75. The molecule has 4 rings (SSSR count). The largest absolute Gasteiger partial charge is 0.464 e. The molecule has 1 aromatic heterocycles. The number of rotatable bonds is 3. The Labute approximate surface area is 124 Å². The van der Waals surface area contributed by atoms with Gasteiger partial charge in [0.15, 0.2) is 0 Å². The van der Waals surface area contributed by atoms with E-state index in [0.717, 1.165) is 16.5 Å². The van der Waals surface area contributed by atoms with Gasteiger partial charge in [0.25, 0.3) is 0 Å². The van der Waals surface area contributed by atoms with Gasteiger partial charge in [0.1, 0.15) is 5.58 Å². The molecular formula is C19H19NO. The summed E-state index contributed by atoms with van der Waals surface area (Å²) in [5.41, 5.74) is 11.2. The maximum atomic E-state index is 6.58.